The SMILES string of the molecule is COC(C1CC1)C(N)C1CCC(C)C(C)C1. The lowest BCUT2D eigenvalue weighted by Crippen LogP contribution is -2.45. The van der Waals surface area contributed by atoms with Gasteiger partial charge >= 0.3 is 0 Å². The molecule has 2 aliphatic rings. The van der Waals surface area contributed by atoms with Crippen LogP contribution in [0.1, 0.15) is 46.0 Å². The molecule has 2 saturated carbocycles. The van der Waals surface area contributed by atoms with Gasteiger partial charge in [-0.25, -0.2) is 0 Å². The fraction of sp³-hybridized carbons (Fsp3) is 1.00. The molecule has 0 saturated heterocycles. The molecule has 16 heavy (non-hydrogen) atoms. The zero-order chi connectivity index (χ0) is 11.7. The topological polar surface area (TPSA) is 35.2 Å². The Kier molecular flexibility index (Phi) is 3.91. The highest BCUT2D eigenvalue weighted by Gasteiger charge is 2.40. The summed E-state index contributed by atoms with van der Waals surface area (Å²) >= 11 is 0. The van der Waals surface area contributed by atoms with Crippen molar-refractivity contribution < 1.29 is 4.74 Å². The van der Waals surface area contributed by atoms with Crippen LogP contribution >= 0.6 is 0 Å². The molecule has 0 aromatic heterocycles. The third-order valence-corrected chi connectivity index (χ3v) is 4.92. The van der Waals surface area contributed by atoms with E-state index in [4.69, 9.17) is 10.5 Å². The summed E-state index contributed by atoms with van der Waals surface area (Å²) in [7, 11) is 1.83. The molecule has 0 aromatic rings. The molecule has 2 N–H and O–H groups in total. The average Bonchev–Trinajstić information content (AvgIpc) is 3.07. The van der Waals surface area contributed by atoms with Crippen LogP contribution in [-0.4, -0.2) is 19.3 Å². The van der Waals surface area contributed by atoms with E-state index < -0.39 is 0 Å². The van der Waals surface area contributed by atoms with E-state index in [1.165, 1.54) is 32.1 Å². The predicted octanol–water partition coefficient (Wildman–Crippen LogP) is 2.81. The van der Waals surface area contributed by atoms with Gasteiger partial charge in [-0.1, -0.05) is 20.3 Å². The Bertz CT molecular complexity index is 227. The minimum atomic E-state index is 0.271. The van der Waals surface area contributed by atoms with Gasteiger partial charge in [0.2, 0.25) is 0 Å². The molecule has 0 aliphatic heterocycles. The lowest BCUT2D eigenvalue weighted by atomic mass is 9.72. The molecule has 0 spiro atoms. The summed E-state index contributed by atoms with van der Waals surface area (Å²) in [6, 6.07) is 0.271. The van der Waals surface area contributed by atoms with Crippen molar-refractivity contribution in [2.24, 2.45) is 29.4 Å². The summed E-state index contributed by atoms with van der Waals surface area (Å²) in [6.45, 7) is 4.75. The molecule has 2 aliphatic carbocycles. The van der Waals surface area contributed by atoms with E-state index in [2.05, 4.69) is 13.8 Å². The van der Waals surface area contributed by atoms with Crippen LogP contribution < -0.4 is 5.73 Å². The number of ether oxygens (including phenoxy) is 1. The third kappa shape index (κ3) is 2.60. The van der Waals surface area contributed by atoms with Gasteiger partial charge in [0.15, 0.2) is 0 Å². The molecule has 5 unspecified atom stereocenters. The lowest BCUT2D eigenvalue weighted by Gasteiger charge is -2.38. The molecule has 2 fully saturated rings. The monoisotopic (exact) mass is 225 g/mol. The molecule has 5 atom stereocenters. The summed E-state index contributed by atoms with van der Waals surface area (Å²) < 4.78 is 5.63. The van der Waals surface area contributed by atoms with Gasteiger partial charge in [0.25, 0.3) is 0 Å². The van der Waals surface area contributed by atoms with Crippen molar-refractivity contribution in [2.75, 3.05) is 7.11 Å². The van der Waals surface area contributed by atoms with Crippen LogP contribution in [0.3, 0.4) is 0 Å². The molecule has 0 bridgehead atoms. The second-order valence-corrected chi connectivity index (χ2v) is 6.14. The Morgan fingerprint density at radius 3 is 2.12 bits per heavy atom. The van der Waals surface area contributed by atoms with Crippen LogP contribution in [0.25, 0.3) is 0 Å². The maximum Gasteiger partial charge on any atom is 0.0752 e. The first-order valence-corrected chi connectivity index (χ1v) is 6.91. The van der Waals surface area contributed by atoms with Crippen LogP contribution in [0.4, 0.5) is 0 Å². The molecule has 2 rings (SSSR count). The smallest absolute Gasteiger partial charge is 0.0752 e. The Hall–Kier alpha value is -0.0800. The van der Waals surface area contributed by atoms with Crippen molar-refractivity contribution in [3.05, 3.63) is 0 Å². The van der Waals surface area contributed by atoms with Gasteiger partial charge in [0.05, 0.1) is 6.10 Å². The Morgan fingerprint density at radius 2 is 1.62 bits per heavy atom. The molecule has 2 nitrogen and oxygen atoms in total. The van der Waals surface area contributed by atoms with Gasteiger partial charge < -0.3 is 10.5 Å². The molecular weight excluding hydrogens is 198 g/mol. The number of rotatable bonds is 4. The van der Waals surface area contributed by atoms with E-state index in [0.29, 0.717) is 12.0 Å². The summed E-state index contributed by atoms with van der Waals surface area (Å²) in [6.07, 6.45) is 6.93. The minimum absolute atomic E-state index is 0.271. The van der Waals surface area contributed by atoms with Gasteiger partial charge in [0.1, 0.15) is 0 Å². The van der Waals surface area contributed by atoms with E-state index in [1.54, 1.807) is 0 Å². The summed E-state index contributed by atoms with van der Waals surface area (Å²) in [5.41, 5.74) is 6.43. The largest absolute Gasteiger partial charge is 0.380 e. The Morgan fingerprint density at radius 1 is 1.00 bits per heavy atom. The van der Waals surface area contributed by atoms with Crippen molar-refractivity contribution in [3.63, 3.8) is 0 Å². The van der Waals surface area contributed by atoms with E-state index in [9.17, 15) is 0 Å². The fourth-order valence-corrected chi connectivity index (χ4v) is 3.30. The highest BCUT2D eigenvalue weighted by molar-refractivity contribution is 4.93. The van der Waals surface area contributed by atoms with E-state index in [-0.39, 0.29) is 6.04 Å². The van der Waals surface area contributed by atoms with E-state index in [1.807, 2.05) is 7.11 Å². The number of methoxy groups -OCH3 is 1. The van der Waals surface area contributed by atoms with E-state index in [0.717, 1.165) is 17.8 Å². The average molecular weight is 225 g/mol. The second kappa shape index (κ2) is 5.05. The van der Waals surface area contributed by atoms with Gasteiger partial charge in [-0.05, 0) is 49.4 Å². The molecule has 0 aromatic carbocycles. The van der Waals surface area contributed by atoms with Crippen molar-refractivity contribution in [3.8, 4) is 0 Å². The zero-order valence-corrected chi connectivity index (χ0v) is 11.0. The maximum atomic E-state index is 6.43. The van der Waals surface area contributed by atoms with Gasteiger partial charge in [-0.3, -0.25) is 0 Å². The van der Waals surface area contributed by atoms with Gasteiger partial charge in [-0.2, -0.15) is 0 Å². The molecule has 94 valence electrons. The summed E-state index contributed by atoms with van der Waals surface area (Å²) in [5.74, 6) is 3.17. The maximum absolute atomic E-state index is 6.43. The zero-order valence-electron chi connectivity index (χ0n) is 11.0. The molecule has 0 radical (unpaired) electrons. The number of hydrogen-bond donors (Lipinski definition) is 1. The molecular formula is C14H27NO. The first kappa shape index (κ1) is 12.4. The van der Waals surface area contributed by atoms with Crippen LogP contribution in [0.2, 0.25) is 0 Å². The highest BCUT2D eigenvalue weighted by Crippen LogP contribution is 2.41. The quantitative estimate of drug-likeness (QED) is 0.798. The molecule has 2 heteroatoms. The summed E-state index contributed by atoms with van der Waals surface area (Å²) in [4.78, 5) is 0. The summed E-state index contributed by atoms with van der Waals surface area (Å²) in [5, 5.41) is 0. The van der Waals surface area contributed by atoms with Gasteiger partial charge in [0, 0.05) is 13.2 Å². The van der Waals surface area contributed by atoms with Crippen molar-refractivity contribution in [1.29, 1.82) is 0 Å². The standard InChI is InChI=1S/C14H27NO/c1-9-4-5-12(8-10(9)2)13(15)14(16-3)11-6-7-11/h9-14H,4-8,15H2,1-3H3. The number of hydrogen-bond acceptors (Lipinski definition) is 2. The number of nitrogens with two attached hydrogens (primary N) is 1. The fourth-order valence-electron chi connectivity index (χ4n) is 3.30. The van der Waals surface area contributed by atoms with Crippen molar-refractivity contribution in [2.45, 2.75) is 58.1 Å². The second-order valence-electron chi connectivity index (χ2n) is 6.14. The van der Waals surface area contributed by atoms with E-state index >= 15 is 0 Å². The molecule has 0 heterocycles. The first-order valence-electron chi connectivity index (χ1n) is 6.91. The van der Waals surface area contributed by atoms with Crippen LogP contribution in [-0.2, 0) is 4.74 Å². The Labute approximate surface area is 99.9 Å². The van der Waals surface area contributed by atoms with Crippen LogP contribution in [0, 0.1) is 23.7 Å². The first-order chi connectivity index (χ1) is 7.63. The normalized spacial score (nSPS) is 39.4. The Balaban J connectivity index is 1.90. The third-order valence-electron chi connectivity index (χ3n) is 4.92. The van der Waals surface area contributed by atoms with Crippen molar-refractivity contribution >= 4 is 0 Å². The molecule has 0 amide bonds. The van der Waals surface area contributed by atoms with Crippen LogP contribution in [0.15, 0.2) is 0 Å². The van der Waals surface area contributed by atoms with Gasteiger partial charge in [-0.15, -0.1) is 0 Å². The van der Waals surface area contributed by atoms with Crippen molar-refractivity contribution in [1.82, 2.24) is 0 Å². The van der Waals surface area contributed by atoms with Crippen LogP contribution in [0.5, 0.6) is 0 Å². The lowest BCUT2D eigenvalue weighted by molar-refractivity contribution is 0.0291. The predicted molar refractivity (Wildman–Crippen MR) is 67.2 cm³/mol. The minimum Gasteiger partial charge on any atom is -0.380 e. The highest BCUT2D eigenvalue weighted by atomic mass is 16.5.